The Morgan fingerprint density at radius 2 is 2.09 bits per heavy atom. The lowest BCUT2D eigenvalue weighted by molar-refractivity contribution is -0.384. The predicted molar refractivity (Wildman–Crippen MR) is 127 cm³/mol. The highest BCUT2D eigenvalue weighted by Gasteiger charge is 2.24. The lowest BCUT2D eigenvalue weighted by atomic mass is 9.98. The van der Waals surface area contributed by atoms with Crippen LogP contribution in [0.15, 0.2) is 65.1 Å². The van der Waals surface area contributed by atoms with Crippen molar-refractivity contribution in [3.05, 3.63) is 76.1 Å². The highest BCUT2D eigenvalue weighted by Crippen LogP contribution is 2.31. The molecule has 0 radical (unpaired) electrons. The van der Waals surface area contributed by atoms with E-state index in [1.807, 2.05) is 24.3 Å². The lowest BCUT2D eigenvalue weighted by Gasteiger charge is -2.38. The Balaban J connectivity index is 1.60. The molecular formula is C23H26N6O2S. The van der Waals surface area contributed by atoms with E-state index in [4.69, 9.17) is 0 Å². The second-order valence-corrected chi connectivity index (χ2v) is 8.67. The molecule has 0 aliphatic carbocycles. The predicted octanol–water partition coefficient (Wildman–Crippen LogP) is 5.13. The zero-order valence-electron chi connectivity index (χ0n) is 18.0. The van der Waals surface area contributed by atoms with Gasteiger partial charge >= 0.3 is 0 Å². The number of piperidine rings is 1. The Hall–Kier alpha value is -3.20. The number of nitrogens with zero attached hydrogens (tertiary/aromatic N) is 6. The number of aromatic nitrogens is 3. The molecule has 1 atom stereocenters. The van der Waals surface area contributed by atoms with Gasteiger partial charge in [-0.1, -0.05) is 49.0 Å². The molecule has 8 nitrogen and oxygen atoms in total. The standard InChI is InChI=1S/C23H26N6O2S/c1-2-20-10-6-7-13-27(20)22-12-11-21(29(30)31)14-19(22)15-25-28-17-24-26-23(28)32-16-18-8-4-3-5-9-18/h3-5,8-9,11-12,14-15,17,20H,2,6-7,10,13,16H2,1H3/b25-15-/t20-/m1/s1. The van der Waals surface area contributed by atoms with E-state index in [0.29, 0.717) is 11.2 Å². The van der Waals surface area contributed by atoms with Crippen LogP contribution in [0.1, 0.15) is 43.7 Å². The van der Waals surface area contributed by atoms with Gasteiger partial charge in [0.25, 0.3) is 5.69 Å². The van der Waals surface area contributed by atoms with Gasteiger partial charge in [0.15, 0.2) is 0 Å². The van der Waals surface area contributed by atoms with Crippen LogP contribution in [0.25, 0.3) is 0 Å². The third-order valence-electron chi connectivity index (χ3n) is 5.66. The number of hydrogen-bond acceptors (Lipinski definition) is 7. The van der Waals surface area contributed by atoms with Gasteiger partial charge in [-0.2, -0.15) is 9.78 Å². The molecule has 1 fully saturated rings. The van der Waals surface area contributed by atoms with Crippen molar-refractivity contribution in [3.63, 3.8) is 0 Å². The summed E-state index contributed by atoms with van der Waals surface area (Å²) in [6.45, 7) is 3.14. The zero-order valence-corrected chi connectivity index (χ0v) is 18.8. The van der Waals surface area contributed by atoms with Crippen molar-refractivity contribution in [1.82, 2.24) is 14.9 Å². The Morgan fingerprint density at radius 3 is 2.88 bits per heavy atom. The Labute approximate surface area is 191 Å². The van der Waals surface area contributed by atoms with E-state index in [1.54, 1.807) is 41.1 Å². The minimum absolute atomic E-state index is 0.0580. The second kappa shape index (κ2) is 10.4. The number of thioether (sulfide) groups is 1. The first-order valence-electron chi connectivity index (χ1n) is 10.8. The number of anilines is 1. The Morgan fingerprint density at radius 1 is 1.25 bits per heavy atom. The first kappa shape index (κ1) is 22.0. The van der Waals surface area contributed by atoms with Gasteiger partial charge in [-0.3, -0.25) is 10.1 Å². The maximum Gasteiger partial charge on any atom is 0.270 e. The number of non-ortho nitro benzene ring substituents is 1. The maximum atomic E-state index is 11.4. The van der Waals surface area contributed by atoms with Gasteiger partial charge in [-0.25, -0.2) is 0 Å². The summed E-state index contributed by atoms with van der Waals surface area (Å²) in [5, 5.41) is 24.8. The van der Waals surface area contributed by atoms with Crippen molar-refractivity contribution in [2.45, 2.75) is 49.6 Å². The summed E-state index contributed by atoms with van der Waals surface area (Å²) < 4.78 is 1.61. The molecule has 2 aromatic carbocycles. The van der Waals surface area contributed by atoms with E-state index in [9.17, 15) is 10.1 Å². The van der Waals surface area contributed by atoms with Gasteiger partial charge in [0.2, 0.25) is 5.16 Å². The maximum absolute atomic E-state index is 11.4. The third-order valence-corrected chi connectivity index (χ3v) is 6.67. The molecule has 0 spiro atoms. The lowest BCUT2D eigenvalue weighted by Crippen LogP contribution is -2.39. The van der Waals surface area contributed by atoms with Crippen LogP contribution in [0.4, 0.5) is 11.4 Å². The monoisotopic (exact) mass is 450 g/mol. The fraction of sp³-hybridized carbons (Fsp3) is 0.348. The van der Waals surface area contributed by atoms with Crippen LogP contribution in [-0.4, -0.2) is 38.6 Å². The minimum atomic E-state index is -0.367. The van der Waals surface area contributed by atoms with E-state index >= 15 is 0 Å². The molecular weight excluding hydrogens is 424 g/mol. The number of nitro groups is 1. The van der Waals surface area contributed by atoms with Crippen LogP contribution in [-0.2, 0) is 5.75 Å². The van der Waals surface area contributed by atoms with Crippen LogP contribution >= 0.6 is 11.8 Å². The number of hydrogen-bond donors (Lipinski definition) is 0. The SMILES string of the molecule is CC[C@@H]1CCCCN1c1ccc([N+](=O)[O-])cc1/C=N\n1cnnc1SCc1ccccc1. The van der Waals surface area contributed by atoms with Gasteiger partial charge in [0.1, 0.15) is 6.33 Å². The normalized spacial score (nSPS) is 16.5. The first-order valence-corrected chi connectivity index (χ1v) is 11.8. The quantitative estimate of drug-likeness (QED) is 0.205. The summed E-state index contributed by atoms with van der Waals surface area (Å²) in [5.74, 6) is 0.753. The van der Waals surface area contributed by atoms with Crippen molar-refractivity contribution in [1.29, 1.82) is 0 Å². The van der Waals surface area contributed by atoms with E-state index in [1.165, 1.54) is 12.0 Å². The van der Waals surface area contributed by atoms with E-state index in [-0.39, 0.29) is 10.6 Å². The Kier molecular flexibility index (Phi) is 7.16. The summed E-state index contributed by atoms with van der Waals surface area (Å²) in [6, 6.07) is 15.6. The van der Waals surface area contributed by atoms with Gasteiger partial charge in [-0.15, -0.1) is 10.2 Å². The van der Waals surface area contributed by atoms with Crippen LogP contribution in [0, 0.1) is 10.1 Å². The summed E-state index contributed by atoms with van der Waals surface area (Å²) in [4.78, 5) is 13.4. The molecule has 4 rings (SSSR count). The van der Waals surface area contributed by atoms with Crippen LogP contribution in [0.5, 0.6) is 0 Å². The van der Waals surface area contributed by atoms with Crippen LogP contribution in [0.3, 0.4) is 0 Å². The summed E-state index contributed by atoms with van der Waals surface area (Å²) in [6.07, 6.45) is 7.75. The number of rotatable bonds is 8. The molecule has 3 aromatic rings. The summed E-state index contributed by atoms with van der Waals surface area (Å²) in [5.41, 5.74) is 2.96. The molecule has 166 valence electrons. The molecule has 1 saturated heterocycles. The molecule has 1 aromatic heterocycles. The summed E-state index contributed by atoms with van der Waals surface area (Å²) in [7, 11) is 0. The smallest absolute Gasteiger partial charge is 0.270 e. The highest BCUT2D eigenvalue weighted by atomic mass is 32.2. The van der Waals surface area contributed by atoms with Crippen molar-refractivity contribution in [2.75, 3.05) is 11.4 Å². The molecule has 9 heteroatoms. The van der Waals surface area contributed by atoms with Crippen molar-refractivity contribution >= 4 is 29.4 Å². The van der Waals surface area contributed by atoms with E-state index in [2.05, 4.69) is 39.3 Å². The fourth-order valence-electron chi connectivity index (χ4n) is 4.00. The largest absolute Gasteiger partial charge is 0.368 e. The van der Waals surface area contributed by atoms with Gasteiger partial charge in [0, 0.05) is 41.7 Å². The second-order valence-electron chi connectivity index (χ2n) is 7.73. The average molecular weight is 451 g/mol. The molecule has 0 amide bonds. The van der Waals surface area contributed by atoms with E-state index < -0.39 is 0 Å². The molecule has 0 unspecified atom stereocenters. The summed E-state index contributed by atoms with van der Waals surface area (Å²) >= 11 is 1.54. The molecule has 2 heterocycles. The van der Waals surface area contributed by atoms with Crippen LogP contribution in [0.2, 0.25) is 0 Å². The average Bonchev–Trinajstić information content (AvgIpc) is 3.29. The number of benzene rings is 2. The van der Waals surface area contributed by atoms with Gasteiger partial charge < -0.3 is 4.90 Å². The third kappa shape index (κ3) is 5.16. The molecule has 0 saturated carbocycles. The molecule has 0 bridgehead atoms. The highest BCUT2D eigenvalue weighted by molar-refractivity contribution is 7.98. The topological polar surface area (TPSA) is 89.5 Å². The fourth-order valence-corrected chi connectivity index (χ4v) is 4.82. The first-order chi connectivity index (χ1) is 15.7. The molecule has 0 N–H and O–H groups in total. The molecule has 1 aliphatic rings. The van der Waals surface area contributed by atoms with Crippen LogP contribution < -0.4 is 4.90 Å². The van der Waals surface area contributed by atoms with Crippen molar-refractivity contribution in [2.24, 2.45) is 5.10 Å². The van der Waals surface area contributed by atoms with Crippen molar-refractivity contribution < 1.29 is 4.92 Å². The molecule has 32 heavy (non-hydrogen) atoms. The molecule has 1 aliphatic heterocycles. The van der Waals surface area contributed by atoms with Gasteiger partial charge in [-0.05, 0) is 37.3 Å². The van der Waals surface area contributed by atoms with Gasteiger partial charge in [0.05, 0.1) is 11.1 Å². The minimum Gasteiger partial charge on any atom is -0.368 e. The zero-order chi connectivity index (χ0) is 22.3. The Bertz CT molecular complexity index is 1090. The van der Waals surface area contributed by atoms with E-state index in [0.717, 1.165) is 42.8 Å². The number of nitro benzene ring substituents is 1. The van der Waals surface area contributed by atoms with Crippen molar-refractivity contribution in [3.8, 4) is 0 Å².